The fourth-order valence-corrected chi connectivity index (χ4v) is 1.19. The van der Waals surface area contributed by atoms with Gasteiger partial charge in [-0.2, -0.15) is 0 Å². The molecule has 0 saturated carbocycles. The zero-order valence-electron chi connectivity index (χ0n) is 5.89. The molecule has 1 aromatic heterocycles. The molecule has 11 heavy (non-hydrogen) atoms. The van der Waals surface area contributed by atoms with Crippen LogP contribution >= 0.6 is 22.6 Å². The van der Waals surface area contributed by atoms with Crippen molar-refractivity contribution in [2.75, 3.05) is 0 Å². The lowest BCUT2D eigenvalue weighted by molar-refractivity contribution is 0.457. The second kappa shape index (κ2) is 3.21. The van der Waals surface area contributed by atoms with E-state index in [1.165, 1.54) is 0 Å². The van der Waals surface area contributed by atoms with Crippen molar-refractivity contribution in [3.63, 3.8) is 0 Å². The van der Waals surface area contributed by atoms with Crippen molar-refractivity contribution in [1.29, 1.82) is 0 Å². The van der Waals surface area contributed by atoms with Crippen LogP contribution in [0.15, 0.2) is 4.79 Å². The van der Waals surface area contributed by atoms with Gasteiger partial charge in [0.05, 0.1) is 0 Å². The molecule has 5 heteroatoms. The van der Waals surface area contributed by atoms with Gasteiger partial charge in [0.1, 0.15) is 5.82 Å². The van der Waals surface area contributed by atoms with E-state index in [1.54, 1.807) is 0 Å². The Kier molecular flexibility index (Phi) is 2.48. The van der Waals surface area contributed by atoms with E-state index >= 15 is 0 Å². The van der Waals surface area contributed by atoms with Crippen molar-refractivity contribution in [3.05, 3.63) is 19.9 Å². The third kappa shape index (κ3) is 1.70. The quantitative estimate of drug-likeness (QED) is 0.579. The molecule has 0 amide bonds. The molecule has 0 aliphatic heterocycles. The maximum Gasteiger partial charge on any atom is 0.294 e. The van der Waals surface area contributed by atoms with E-state index in [2.05, 4.69) is 9.97 Å². The molecule has 0 unspecified atom stereocenters. The molecule has 0 aliphatic carbocycles. The van der Waals surface area contributed by atoms with Crippen LogP contribution in [0, 0.1) is 3.70 Å². The Bertz CT molecular complexity index is 321. The van der Waals surface area contributed by atoms with Gasteiger partial charge in [0.15, 0.2) is 3.70 Å². The summed E-state index contributed by atoms with van der Waals surface area (Å²) in [5.74, 6) is 0.292. The smallest absolute Gasteiger partial charge is 0.294 e. The maximum absolute atomic E-state index is 10.9. The van der Waals surface area contributed by atoms with E-state index in [-0.39, 0.29) is 5.75 Å². The van der Waals surface area contributed by atoms with Gasteiger partial charge in [-0.1, -0.05) is 6.92 Å². The van der Waals surface area contributed by atoms with E-state index < -0.39 is 5.56 Å². The molecule has 2 N–H and O–H groups in total. The first kappa shape index (κ1) is 8.51. The molecule has 0 fully saturated rings. The average Bonchev–Trinajstić information content (AvgIpc) is 1.99. The standard InChI is InChI=1S/C6H7IN2O2/c1-2-3-8-5(7)4(10)6(11)9-3/h10H,2H2,1H3,(H,8,9,11). The summed E-state index contributed by atoms with van der Waals surface area (Å²) >= 11 is 1.82. The highest BCUT2D eigenvalue weighted by molar-refractivity contribution is 14.1. The number of H-pyrrole nitrogens is 1. The van der Waals surface area contributed by atoms with Crippen molar-refractivity contribution < 1.29 is 5.11 Å². The Morgan fingerprint density at radius 2 is 2.36 bits per heavy atom. The highest BCUT2D eigenvalue weighted by Crippen LogP contribution is 2.09. The van der Waals surface area contributed by atoms with Crippen molar-refractivity contribution in [3.8, 4) is 5.75 Å². The molecule has 60 valence electrons. The van der Waals surface area contributed by atoms with Gasteiger partial charge >= 0.3 is 0 Å². The van der Waals surface area contributed by atoms with Crippen molar-refractivity contribution >= 4 is 22.6 Å². The zero-order valence-corrected chi connectivity index (χ0v) is 8.05. The Morgan fingerprint density at radius 3 is 2.82 bits per heavy atom. The fourth-order valence-electron chi connectivity index (χ4n) is 0.651. The summed E-state index contributed by atoms with van der Waals surface area (Å²) in [7, 11) is 0. The minimum absolute atomic E-state index is 0.303. The van der Waals surface area contributed by atoms with E-state index in [0.717, 1.165) is 0 Å². The molecule has 1 heterocycles. The maximum atomic E-state index is 10.9. The Hall–Kier alpha value is -0.590. The van der Waals surface area contributed by atoms with Crippen molar-refractivity contribution in [2.45, 2.75) is 13.3 Å². The van der Waals surface area contributed by atoms with Crippen molar-refractivity contribution in [1.82, 2.24) is 9.97 Å². The summed E-state index contributed by atoms with van der Waals surface area (Å²) in [5.41, 5.74) is -0.471. The Labute approximate surface area is 76.8 Å². The Morgan fingerprint density at radius 1 is 1.73 bits per heavy atom. The molecule has 0 spiro atoms. The highest BCUT2D eigenvalue weighted by Gasteiger charge is 2.04. The van der Waals surface area contributed by atoms with Crippen LogP contribution in [0.2, 0.25) is 0 Å². The first-order valence-electron chi connectivity index (χ1n) is 3.12. The lowest BCUT2D eigenvalue weighted by Crippen LogP contribution is -2.11. The number of aryl methyl sites for hydroxylation is 1. The molecular weight excluding hydrogens is 259 g/mol. The van der Waals surface area contributed by atoms with Gasteiger partial charge in [-0.25, -0.2) is 4.98 Å². The number of halogens is 1. The van der Waals surface area contributed by atoms with Gasteiger partial charge in [0.25, 0.3) is 5.56 Å². The second-order valence-corrected chi connectivity index (χ2v) is 3.03. The van der Waals surface area contributed by atoms with Gasteiger partial charge in [0, 0.05) is 6.42 Å². The predicted molar refractivity (Wildman–Crippen MR) is 48.6 cm³/mol. The van der Waals surface area contributed by atoms with Gasteiger partial charge < -0.3 is 10.1 Å². The van der Waals surface area contributed by atoms with Gasteiger partial charge in [-0.15, -0.1) is 0 Å². The van der Waals surface area contributed by atoms with Crippen LogP contribution < -0.4 is 5.56 Å². The second-order valence-electron chi connectivity index (χ2n) is 2.01. The molecule has 4 nitrogen and oxygen atoms in total. The number of rotatable bonds is 1. The van der Waals surface area contributed by atoms with Crippen LogP contribution in [0.4, 0.5) is 0 Å². The largest absolute Gasteiger partial charge is 0.501 e. The molecule has 0 bridgehead atoms. The normalized spacial score (nSPS) is 10.0. The van der Waals surface area contributed by atoms with Crippen LogP contribution in [0.25, 0.3) is 0 Å². The predicted octanol–water partition coefficient (Wildman–Crippen LogP) is 0.643. The third-order valence-electron chi connectivity index (χ3n) is 1.24. The van der Waals surface area contributed by atoms with Gasteiger partial charge in [-0.05, 0) is 22.6 Å². The number of nitrogens with one attached hydrogen (secondary N) is 1. The average molecular weight is 266 g/mol. The van der Waals surface area contributed by atoms with E-state index in [1.807, 2.05) is 29.5 Å². The van der Waals surface area contributed by atoms with Crippen LogP contribution in [0.1, 0.15) is 12.7 Å². The van der Waals surface area contributed by atoms with Crippen LogP contribution in [0.3, 0.4) is 0 Å². The minimum atomic E-state index is -0.471. The molecule has 1 aromatic rings. The molecular formula is C6H7IN2O2. The minimum Gasteiger partial charge on any atom is -0.501 e. The molecule has 0 atom stereocenters. The van der Waals surface area contributed by atoms with Crippen molar-refractivity contribution in [2.24, 2.45) is 0 Å². The van der Waals surface area contributed by atoms with Gasteiger partial charge in [-0.3, -0.25) is 4.79 Å². The van der Waals surface area contributed by atoms with Crippen LogP contribution in [-0.4, -0.2) is 15.1 Å². The van der Waals surface area contributed by atoms with E-state index in [0.29, 0.717) is 15.9 Å². The summed E-state index contributed by atoms with van der Waals surface area (Å²) in [6, 6.07) is 0. The zero-order chi connectivity index (χ0) is 8.43. The number of aromatic hydroxyl groups is 1. The summed E-state index contributed by atoms with van der Waals surface area (Å²) in [6.07, 6.45) is 0.658. The summed E-state index contributed by atoms with van der Waals surface area (Å²) in [4.78, 5) is 17.2. The van der Waals surface area contributed by atoms with E-state index in [9.17, 15) is 4.79 Å². The molecule has 1 rings (SSSR count). The number of hydrogen-bond acceptors (Lipinski definition) is 3. The van der Waals surface area contributed by atoms with Crippen LogP contribution in [0.5, 0.6) is 5.75 Å². The van der Waals surface area contributed by atoms with Crippen LogP contribution in [-0.2, 0) is 6.42 Å². The third-order valence-corrected chi connectivity index (χ3v) is 1.99. The molecule has 0 aromatic carbocycles. The lowest BCUT2D eigenvalue weighted by atomic mass is 10.4. The number of aromatic nitrogens is 2. The topological polar surface area (TPSA) is 66.0 Å². The lowest BCUT2D eigenvalue weighted by Gasteiger charge is -1.97. The monoisotopic (exact) mass is 266 g/mol. The summed E-state index contributed by atoms with van der Waals surface area (Å²) in [6.45, 7) is 1.88. The summed E-state index contributed by atoms with van der Waals surface area (Å²) in [5, 5.41) is 9.01. The SMILES string of the molecule is CCc1nc(I)c(O)c(=O)[nH]1. The van der Waals surface area contributed by atoms with Gasteiger partial charge in [0.2, 0.25) is 5.75 Å². The highest BCUT2D eigenvalue weighted by atomic mass is 127. The molecule has 0 saturated heterocycles. The first-order valence-corrected chi connectivity index (χ1v) is 4.20. The Balaban J connectivity index is 3.32. The number of hydrogen-bond donors (Lipinski definition) is 2. The summed E-state index contributed by atoms with van der Waals surface area (Å²) < 4.78 is 0.350. The first-order chi connectivity index (χ1) is 5.15. The number of nitrogens with zero attached hydrogens (tertiary/aromatic N) is 1. The molecule has 0 aliphatic rings. The van der Waals surface area contributed by atoms with E-state index in [4.69, 9.17) is 5.11 Å². The molecule has 0 radical (unpaired) electrons. The fraction of sp³-hybridized carbons (Fsp3) is 0.333. The number of aromatic amines is 1.